The number of halogens is 2. The number of benzene rings is 2. The molecule has 0 heterocycles. The Kier molecular flexibility index (Phi) is 5.32. The van der Waals surface area contributed by atoms with Crippen LogP contribution in [0.25, 0.3) is 0 Å². The quantitative estimate of drug-likeness (QED) is 0.846. The fraction of sp³-hybridized carbons (Fsp3) is 0.294. The molecule has 1 atom stereocenters. The summed E-state index contributed by atoms with van der Waals surface area (Å²) in [5.41, 5.74) is 1.25. The zero-order valence-corrected chi connectivity index (χ0v) is 14.7. The SMILES string of the molecule is CC(C)C(Nc1ccc(S(C)(=O)=O)cc1)c1ccc(Cl)cc1F. The molecule has 0 spiro atoms. The van der Waals surface area contributed by atoms with Crippen LogP contribution in [0.5, 0.6) is 0 Å². The normalized spacial score (nSPS) is 13.1. The van der Waals surface area contributed by atoms with Crippen LogP contribution in [0.3, 0.4) is 0 Å². The molecule has 2 aromatic carbocycles. The van der Waals surface area contributed by atoms with Crippen LogP contribution < -0.4 is 5.32 Å². The van der Waals surface area contributed by atoms with Crippen LogP contribution in [-0.2, 0) is 9.84 Å². The van der Waals surface area contributed by atoms with Crippen molar-refractivity contribution >= 4 is 27.1 Å². The summed E-state index contributed by atoms with van der Waals surface area (Å²) in [7, 11) is -3.23. The highest BCUT2D eigenvalue weighted by atomic mass is 35.5. The number of sulfone groups is 1. The molecule has 0 bridgehead atoms. The number of hydrogen-bond donors (Lipinski definition) is 1. The van der Waals surface area contributed by atoms with Gasteiger partial charge >= 0.3 is 0 Å². The molecule has 6 heteroatoms. The van der Waals surface area contributed by atoms with Gasteiger partial charge in [0.25, 0.3) is 0 Å². The molecule has 0 aromatic heterocycles. The Morgan fingerprint density at radius 3 is 2.17 bits per heavy atom. The van der Waals surface area contributed by atoms with Gasteiger partial charge in [-0.25, -0.2) is 12.8 Å². The first kappa shape index (κ1) is 17.8. The molecule has 23 heavy (non-hydrogen) atoms. The number of rotatable bonds is 5. The smallest absolute Gasteiger partial charge is 0.175 e. The Balaban J connectivity index is 2.30. The summed E-state index contributed by atoms with van der Waals surface area (Å²) in [6.07, 6.45) is 1.16. The highest BCUT2D eigenvalue weighted by molar-refractivity contribution is 7.90. The van der Waals surface area contributed by atoms with Crippen LogP contribution in [0.4, 0.5) is 10.1 Å². The molecule has 0 aliphatic rings. The van der Waals surface area contributed by atoms with Gasteiger partial charge in [0.2, 0.25) is 0 Å². The van der Waals surface area contributed by atoms with E-state index in [-0.39, 0.29) is 22.7 Å². The molecule has 1 unspecified atom stereocenters. The van der Waals surface area contributed by atoms with Gasteiger partial charge in [0.05, 0.1) is 10.9 Å². The summed E-state index contributed by atoms with van der Waals surface area (Å²) in [4.78, 5) is 0.252. The van der Waals surface area contributed by atoms with E-state index in [4.69, 9.17) is 11.6 Å². The van der Waals surface area contributed by atoms with Gasteiger partial charge in [0.1, 0.15) is 5.82 Å². The van der Waals surface area contributed by atoms with Crippen LogP contribution in [0.2, 0.25) is 5.02 Å². The molecular weight excluding hydrogens is 337 g/mol. The predicted molar refractivity (Wildman–Crippen MR) is 92.2 cm³/mol. The van der Waals surface area contributed by atoms with Gasteiger partial charge in [-0.1, -0.05) is 31.5 Å². The second kappa shape index (κ2) is 6.89. The third kappa shape index (κ3) is 4.45. The van der Waals surface area contributed by atoms with Crippen molar-refractivity contribution in [3.05, 3.63) is 58.9 Å². The number of hydrogen-bond acceptors (Lipinski definition) is 3. The highest BCUT2D eigenvalue weighted by Crippen LogP contribution is 2.30. The standard InChI is InChI=1S/C17H19ClFNO2S/c1-11(2)17(15-9-4-12(18)10-16(15)19)20-13-5-7-14(8-6-13)23(3,21)22/h4-11,17,20H,1-3H3. The van der Waals surface area contributed by atoms with E-state index in [0.29, 0.717) is 10.6 Å². The van der Waals surface area contributed by atoms with Gasteiger partial charge in [-0.3, -0.25) is 0 Å². The van der Waals surface area contributed by atoms with Crippen molar-refractivity contribution in [3.8, 4) is 0 Å². The van der Waals surface area contributed by atoms with Crippen LogP contribution in [0.15, 0.2) is 47.4 Å². The van der Waals surface area contributed by atoms with Gasteiger partial charge in [0, 0.05) is 22.5 Å². The van der Waals surface area contributed by atoms with Crippen molar-refractivity contribution in [2.24, 2.45) is 5.92 Å². The lowest BCUT2D eigenvalue weighted by Crippen LogP contribution is -2.18. The summed E-state index contributed by atoms with van der Waals surface area (Å²) in [6.45, 7) is 3.97. The van der Waals surface area contributed by atoms with Gasteiger partial charge in [-0.05, 0) is 42.3 Å². The Hall–Kier alpha value is -1.59. The van der Waals surface area contributed by atoms with Crippen molar-refractivity contribution in [2.75, 3.05) is 11.6 Å². The summed E-state index contributed by atoms with van der Waals surface area (Å²) < 4.78 is 37.2. The van der Waals surface area contributed by atoms with Crippen molar-refractivity contribution in [2.45, 2.75) is 24.8 Å². The zero-order valence-electron chi connectivity index (χ0n) is 13.2. The maximum atomic E-state index is 14.2. The molecule has 0 fully saturated rings. The van der Waals surface area contributed by atoms with Crippen molar-refractivity contribution in [1.29, 1.82) is 0 Å². The summed E-state index contributed by atoms with van der Waals surface area (Å²) >= 11 is 5.80. The maximum Gasteiger partial charge on any atom is 0.175 e. The van der Waals surface area contributed by atoms with E-state index >= 15 is 0 Å². The minimum Gasteiger partial charge on any atom is -0.378 e. The Bertz CT molecular complexity index is 789. The van der Waals surface area contributed by atoms with Gasteiger partial charge in [-0.2, -0.15) is 0 Å². The van der Waals surface area contributed by atoms with E-state index in [1.165, 1.54) is 18.2 Å². The first-order valence-electron chi connectivity index (χ1n) is 7.20. The van der Waals surface area contributed by atoms with E-state index < -0.39 is 9.84 Å². The summed E-state index contributed by atoms with van der Waals surface area (Å²) in [5, 5.41) is 3.61. The molecule has 0 aliphatic carbocycles. The van der Waals surface area contributed by atoms with E-state index in [0.717, 1.165) is 11.9 Å². The number of anilines is 1. The molecule has 1 N–H and O–H groups in total. The third-order valence-electron chi connectivity index (χ3n) is 3.57. The monoisotopic (exact) mass is 355 g/mol. The lowest BCUT2D eigenvalue weighted by molar-refractivity contribution is 0.510. The van der Waals surface area contributed by atoms with Crippen molar-refractivity contribution < 1.29 is 12.8 Å². The van der Waals surface area contributed by atoms with Gasteiger partial charge in [0.15, 0.2) is 9.84 Å². The summed E-state index contributed by atoms with van der Waals surface area (Å²) in [6, 6.07) is 10.8. The fourth-order valence-corrected chi connectivity index (χ4v) is 3.12. The first-order valence-corrected chi connectivity index (χ1v) is 9.47. The Labute approximate surface area is 141 Å². The van der Waals surface area contributed by atoms with Crippen molar-refractivity contribution in [1.82, 2.24) is 0 Å². The van der Waals surface area contributed by atoms with Crippen LogP contribution in [-0.4, -0.2) is 14.7 Å². The second-order valence-corrected chi connectivity index (χ2v) is 8.28. The van der Waals surface area contributed by atoms with E-state index in [2.05, 4.69) is 5.32 Å². The van der Waals surface area contributed by atoms with Gasteiger partial charge < -0.3 is 5.32 Å². The fourth-order valence-electron chi connectivity index (χ4n) is 2.34. The van der Waals surface area contributed by atoms with Crippen molar-refractivity contribution in [3.63, 3.8) is 0 Å². The van der Waals surface area contributed by atoms with Crippen LogP contribution in [0, 0.1) is 11.7 Å². The maximum absolute atomic E-state index is 14.2. The Morgan fingerprint density at radius 2 is 1.70 bits per heavy atom. The van der Waals surface area contributed by atoms with E-state index in [1.807, 2.05) is 13.8 Å². The average Bonchev–Trinajstić information content (AvgIpc) is 2.45. The van der Waals surface area contributed by atoms with Crippen LogP contribution >= 0.6 is 11.6 Å². The highest BCUT2D eigenvalue weighted by Gasteiger charge is 2.20. The average molecular weight is 356 g/mol. The molecule has 0 saturated carbocycles. The predicted octanol–water partition coefficient (Wildman–Crippen LogP) is 4.69. The Morgan fingerprint density at radius 1 is 1.09 bits per heavy atom. The first-order chi connectivity index (χ1) is 10.7. The zero-order chi connectivity index (χ0) is 17.2. The molecule has 3 nitrogen and oxygen atoms in total. The molecule has 2 aromatic rings. The van der Waals surface area contributed by atoms with Gasteiger partial charge in [-0.15, -0.1) is 0 Å². The van der Waals surface area contributed by atoms with E-state index in [9.17, 15) is 12.8 Å². The molecular formula is C17H19ClFNO2S. The largest absolute Gasteiger partial charge is 0.378 e. The molecule has 0 saturated heterocycles. The molecule has 0 radical (unpaired) electrons. The summed E-state index contributed by atoms with van der Waals surface area (Å²) in [5.74, 6) is -0.239. The number of nitrogens with one attached hydrogen (secondary N) is 1. The molecule has 124 valence electrons. The molecule has 0 aliphatic heterocycles. The third-order valence-corrected chi connectivity index (χ3v) is 4.93. The van der Waals surface area contributed by atoms with E-state index in [1.54, 1.807) is 24.3 Å². The second-order valence-electron chi connectivity index (χ2n) is 5.83. The molecule has 2 rings (SSSR count). The topological polar surface area (TPSA) is 46.2 Å². The van der Waals surface area contributed by atoms with Crippen LogP contribution in [0.1, 0.15) is 25.5 Å². The lowest BCUT2D eigenvalue weighted by Gasteiger charge is -2.24. The lowest BCUT2D eigenvalue weighted by atomic mass is 9.95. The molecule has 0 amide bonds. The minimum absolute atomic E-state index is 0.125. The minimum atomic E-state index is -3.23.